The van der Waals surface area contributed by atoms with Crippen molar-refractivity contribution in [2.45, 2.75) is 19.8 Å². The SMILES string of the molecule is Cc1ccc(NCC(C)c2ccccc2)nn1. The van der Waals surface area contributed by atoms with Gasteiger partial charge in [-0.3, -0.25) is 0 Å². The second-order valence-electron chi connectivity index (χ2n) is 4.25. The summed E-state index contributed by atoms with van der Waals surface area (Å²) in [5, 5.41) is 11.4. The molecule has 3 heteroatoms. The number of nitrogens with zero attached hydrogens (tertiary/aromatic N) is 2. The molecule has 0 radical (unpaired) electrons. The molecule has 1 heterocycles. The smallest absolute Gasteiger partial charge is 0.148 e. The van der Waals surface area contributed by atoms with Crippen LogP contribution in [0, 0.1) is 6.92 Å². The maximum absolute atomic E-state index is 4.08. The van der Waals surface area contributed by atoms with Gasteiger partial charge in [0.2, 0.25) is 0 Å². The van der Waals surface area contributed by atoms with E-state index in [1.165, 1.54) is 5.56 Å². The molecule has 0 saturated carbocycles. The largest absolute Gasteiger partial charge is 0.368 e. The normalized spacial score (nSPS) is 12.1. The van der Waals surface area contributed by atoms with E-state index in [9.17, 15) is 0 Å². The van der Waals surface area contributed by atoms with Crippen LogP contribution in [0.2, 0.25) is 0 Å². The third-order valence-electron chi connectivity index (χ3n) is 2.76. The molecule has 0 bridgehead atoms. The van der Waals surface area contributed by atoms with Crippen LogP contribution in [0.25, 0.3) is 0 Å². The third-order valence-corrected chi connectivity index (χ3v) is 2.76. The van der Waals surface area contributed by atoms with Crippen molar-refractivity contribution in [3.05, 3.63) is 53.7 Å². The summed E-state index contributed by atoms with van der Waals surface area (Å²) in [5.74, 6) is 1.29. The van der Waals surface area contributed by atoms with Gasteiger partial charge in [0.15, 0.2) is 0 Å². The summed E-state index contributed by atoms with van der Waals surface area (Å²) in [6.07, 6.45) is 0. The van der Waals surface area contributed by atoms with E-state index in [0.717, 1.165) is 18.1 Å². The van der Waals surface area contributed by atoms with Crippen LogP contribution < -0.4 is 5.32 Å². The summed E-state index contributed by atoms with van der Waals surface area (Å²) in [6.45, 7) is 5.00. The average Bonchev–Trinajstić information content (AvgIpc) is 2.39. The molecule has 0 aliphatic carbocycles. The van der Waals surface area contributed by atoms with Crippen LogP contribution in [0.5, 0.6) is 0 Å². The fourth-order valence-corrected chi connectivity index (χ4v) is 1.65. The molecular weight excluding hydrogens is 210 g/mol. The number of aromatic nitrogens is 2. The number of anilines is 1. The van der Waals surface area contributed by atoms with E-state index in [2.05, 4.69) is 46.7 Å². The Morgan fingerprint density at radius 2 is 1.82 bits per heavy atom. The molecule has 0 saturated heterocycles. The first-order valence-corrected chi connectivity index (χ1v) is 5.85. The lowest BCUT2D eigenvalue weighted by Gasteiger charge is -2.13. The van der Waals surface area contributed by atoms with Crippen LogP contribution in [0.3, 0.4) is 0 Å². The van der Waals surface area contributed by atoms with Gasteiger partial charge in [-0.1, -0.05) is 37.3 Å². The van der Waals surface area contributed by atoms with Crippen molar-refractivity contribution in [3.8, 4) is 0 Å². The summed E-state index contributed by atoms with van der Waals surface area (Å²) in [4.78, 5) is 0. The quantitative estimate of drug-likeness (QED) is 0.872. The van der Waals surface area contributed by atoms with Gasteiger partial charge in [-0.05, 0) is 30.5 Å². The molecule has 88 valence electrons. The molecule has 17 heavy (non-hydrogen) atoms. The minimum atomic E-state index is 0.458. The minimum Gasteiger partial charge on any atom is -0.368 e. The zero-order valence-corrected chi connectivity index (χ0v) is 10.2. The predicted octanol–water partition coefficient (Wildman–Crippen LogP) is 3.00. The highest BCUT2D eigenvalue weighted by Gasteiger charge is 2.04. The number of nitrogens with one attached hydrogen (secondary N) is 1. The standard InChI is InChI=1S/C14H17N3/c1-11(13-6-4-3-5-7-13)10-15-14-9-8-12(2)16-17-14/h3-9,11H,10H2,1-2H3,(H,15,17). The Balaban J connectivity index is 1.92. The molecule has 0 aliphatic heterocycles. The minimum absolute atomic E-state index is 0.458. The summed E-state index contributed by atoms with van der Waals surface area (Å²) in [5.41, 5.74) is 2.27. The van der Waals surface area contributed by atoms with Gasteiger partial charge in [0.1, 0.15) is 5.82 Å². The van der Waals surface area contributed by atoms with E-state index in [1.54, 1.807) is 0 Å². The molecule has 1 unspecified atom stereocenters. The van der Waals surface area contributed by atoms with E-state index in [1.807, 2.05) is 25.1 Å². The van der Waals surface area contributed by atoms with E-state index >= 15 is 0 Å². The highest BCUT2D eigenvalue weighted by atomic mass is 15.2. The molecule has 0 fully saturated rings. The fourth-order valence-electron chi connectivity index (χ4n) is 1.65. The Morgan fingerprint density at radius 3 is 2.47 bits per heavy atom. The number of rotatable bonds is 4. The van der Waals surface area contributed by atoms with Crippen molar-refractivity contribution in [3.63, 3.8) is 0 Å². The van der Waals surface area contributed by atoms with Crippen molar-refractivity contribution in [1.29, 1.82) is 0 Å². The molecule has 0 amide bonds. The summed E-state index contributed by atoms with van der Waals surface area (Å²) < 4.78 is 0. The van der Waals surface area contributed by atoms with Crippen LogP contribution >= 0.6 is 0 Å². The average molecular weight is 227 g/mol. The van der Waals surface area contributed by atoms with Crippen molar-refractivity contribution >= 4 is 5.82 Å². The van der Waals surface area contributed by atoms with Gasteiger partial charge < -0.3 is 5.32 Å². The first kappa shape index (κ1) is 11.6. The van der Waals surface area contributed by atoms with Crippen molar-refractivity contribution in [2.75, 3.05) is 11.9 Å². The maximum Gasteiger partial charge on any atom is 0.148 e. The van der Waals surface area contributed by atoms with Gasteiger partial charge in [-0.2, -0.15) is 5.10 Å². The molecule has 2 rings (SSSR count). The van der Waals surface area contributed by atoms with Gasteiger partial charge in [0, 0.05) is 6.54 Å². The molecule has 1 N–H and O–H groups in total. The zero-order chi connectivity index (χ0) is 12.1. The molecule has 1 aromatic heterocycles. The van der Waals surface area contributed by atoms with E-state index < -0.39 is 0 Å². The second-order valence-corrected chi connectivity index (χ2v) is 4.25. The van der Waals surface area contributed by atoms with Gasteiger partial charge in [-0.15, -0.1) is 5.10 Å². The highest BCUT2D eigenvalue weighted by molar-refractivity contribution is 5.34. The molecule has 2 aromatic rings. The van der Waals surface area contributed by atoms with Gasteiger partial charge in [-0.25, -0.2) is 0 Å². The van der Waals surface area contributed by atoms with Gasteiger partial charge in [0.05, 0.1) is 5.69 Å². The van der Waals surface area contributed by atoms with Crippen LogP contribution in [0.4, 0.5) is 5.82 Å². The number of hydrogen-bond donors (Lipinski definition) is 1. The molecular formula is C14H17N3. The maximum atomic E-state index is 4.08. The lowest BCUT2D eigenvalue weighted by atomic mass is 10.0. The van der Waals surface area contributed by atoms with E-state index in [-0.39, 0.29) is 0 Å². The number of hydrogen-bond acceptors (Lipinski definition) is 3. The summed E-state index contributed by atoms with van der Waals surface area (Å²) in [7, 11) is 0. The van der Waals surface area contributed by atoms with Crippen molar-refractivity contribution in [1.82, 2.24) is 10.2 Å². The van der Waals surface area contributed by atoms with E-state index in [4.69, 9.17) is 0 Å². The Kier molecular flexibility index (Phi) is 3.70. The molecule has 1 atom stereocenters. The molecule has 3 nitrogen and oxygen atoms in total. The van der Waals surface area contributed by atoms with Crippen molar-refractivity contribution < 1.29 is 0 Å². The molecule has 0 aliphatic rings. The zero-order valence-electron chi connectivity index (χ0n) is 10.2. The Bertz CT molecular complexity index is 451. The number of aryl methyl sites for hydroxylation is 1. The first-order valence-electron chi connectivity index (χ1n) is 5.85. The Hall–Kier alpha value is -1.90. The molecule has 1 aromatic carbocycles. The van der Waals surface area contributed by atoms with Crippen LogP contribution in [0.1, 0.15) is 24.1 Å². The topological polar surface area (TPSA) is 37.8 Å². The van der Waals surface area contributed by atoms with Crippen LogP contribution in [-0.4, -0.2) is 16.7 Å². The van der Waals surface area contributed by atoms with Crippen molar-refractivity contribution in [2.24, 2.45) is 0 Å². The Morgan fingerprint density at radius 1 is 1.06 bits per heavy atom. The monoisotopic (exact) mass is 227 g/mol. The van der Waals surface area contributed by atoms with Crippen LogP contribution in [-0.2, 0) is 0 Å². The second kappa shape index (κ2) is 5.43. The summed E-state index contributed by atoms with van der Waals surface area (Å²) >= 11 is 0. The fraction of sp³-hybridized carbons (Fsp3) is 0.286. The lowest BCUT2D eigenvalue weighted by Crippen LogP contribution is -2.11. The first-order chi connectivity index (χ1) is 8.25. The van der Waals surface area contributed by atoms with Crippen LogP contribution in [0.15, 0.2) is 42.5 Å². The highest BCUT2D eigenvalue weighted by Crippen LogP contribution is 2.14. The van der Waals surface area contributed by atoms with E-state index in [0.29, 0.717) is 5.92 Å². The third kappa shape index (κ3) is 3.28. The Labute approximate surface area is 102 Å². The summed E-state index contributed by atoms with van der Waals surface area (Å²) in [6, 6.07) is 14.4. The lowest BCUT2D eigenvalue weighted by molar-refractivity contribution is 0.797. The van der Waals surface area contributed by atoms with Gasteiger partial charge in [0.25, 0.3) is 0 Å². The number of benzene rings is 1. The molecule has 0 spiro atoms. The predicted molar refractivity (Wildman–Crippen MR) is 70.1 cm³/mol. The van der Waals surface area contributed by atoms with Gasteiger partial charge >= 0.3 is 0 Å².